The molecule has 3 aromatic rings. The maximum atomic E-state index is 13.4. The van der Waals surface area contributed by atoms with Crippen molar-refractivity contribution in [1.82, 2.24) is 14.9 Å². The lowest BCUT2D eigenvalue weighted by atomic mass is 9.83. The zero-order valence-corrected chi connectivity index (χ0v) is 25.1. The molecule has 16 nitrogen and oxygen atoms in total. The fourth-order valence-electron chi connectivity index (χ4n) is 4.95. The maximum Gasteiger partial charge on any atom is 0.508 e. The number of nitro benzene ring substituents is 2. The third kappa shape index (κ3) is 6.88. The average Bonchev–Trinajstić information content (AvgIpc) is 3.36. The van der Waals surface area contributed by atoms with Gasteiger partial charge in [-0.05, 0) is 42.3 Å². The van der Waals surface area contributed by atoms with E-state index in [0.717, 1.165) is 0 Å². The molecule has 2 unspecified atom stereocenters. The molecular formula is C29H25N5O11S. The molecule has 3 atom stereocenters. The number of hydrogen-bond acceptors (Lipinski definition) is 14. The van der Waals surface area contributed by atoms with Gasteiger partial charge in [0.1, 0.15) is 25.0 Å². The zero-order chi connectivity index (χ0) is 33.0. The largest absolute Gasteiger partial charge is 0.508 e. The third-order valence-corrected chi connectivity index (χ3v) is 8.25. The molecule has 0 saturated carbocycles. The quantitative estimate of drug-likeness (QED) is 0.116. The molecule has 0 spiro atoms. The first-order valence-corrected chi connectivity index (χ1v) is 14.4. The van der Waals surface area contributed by atoms with Crippen LogP contribution in [0.4, 0.5) is 16.2 Å². The third-order valence-electron chi connectivity index (χ3n) is 7.20. The molecule has 1 amide bonds. The van der Waals surface area contributed by atoms with Crippen LogP contribution < -0.4 is 4.74 Å². The molecule has 2 aromatic carbocycles. The lowest BCUT2D eigenvalue weighted by Crippen LogP contribution is -2.62. The van der Waals surface area contributed by atoms with Crippen LogP contribution in [-0.4, -0.2) is 62.0 Å². The fourth-order valence-corrected chi connectivity index (χ4v) is 5.98. The molecule has 3 heterocycles. The Balaban J connectivity index is 1.26. The van der Waals surface area contributed by atoms with Crippen LogP contribution in [0.1, 0.15) is 24.5 Å². The van der Waals surface area contributed by atoms with E-state index in [9.17, 15) is 34.6 Å². The van der Waals surface area contributed by atoms with E-state index in [-0.39, 0.29) is 42.7 Å². The first kappa shape index (κ1) is 31.8. The first-order chi connectivity index (χ1) is 22.0. The van der Waals surface area contributed by atoms with Crippen molar-refractivity contribution >= 4 is 41.2 Å². The summed E-state index contributed by atoms with van der Waals surface area (Å²) < 4.78 is 21.0. The van der Waals surface area contributed by atoms with E-state index < -0.39 is 45.9 Å². The minimum Gasteiger partial charge on any atom is -0.467 e. The van der Waals surface area contributed by atoms with E-state index in [4.69, 9.17) is 18.9 Å². The number of rotatable bonds is 12. The second-order valence-corrected chi connectivity index (χ2v) is 11.2. The molecule has 1 fully saturated rings. The summed E-state index contributed by atoms with van der Waals surface area (Å²) in [6.45, 7) is 1.15. The minimum atomic E-state index is -1.03. The van der Waals surface area contributed by atoms with Gasteiger partial charge in [0.25, 0.3) is 11.4 Å². The van der Waals surface area contributed by atoms with Crippen molar-refractivity contribution in [3.63, 3.8) is 0 Å². The van der Waals surface area contributed by atoms with Crippen molar-refractivity contribution < 1.29 is 43.2 Å². The molecule has 0 N–H and O–H groups in total. The van der Waals surface area contributed by atoms with Gasteiger partial charge in [-0.25, -0.2) is 19.6 Å². The standard InChI is InChI=1S/C29H25N5O11S/c1-16(45-29(37)44-15-18-5-9-20(10-6-18)34(40)41)24-22-11-23(46-21-12-30-28(42-2)31-13-21)25(32(22)26(24)35)27(36)43-14-17-3-7-19(8-4-17)33(38)39/h3-10,12-13,16,22,24H,11,14-15H2,1-2H3/t16?,22-,24?/m1/s1. The average molecular weight is 652 g/mol. The summed E-state index contributed by atoms with van der Waals surface area (Å²) in [5.41, 5.74) is 0.823. The number of fused-ring (bicyclic) bond motifs is 1. The van der Waals surface area contributed by atoms with Gasteiger partial charge in [0.15, 0.2) is 0 Å². The second kappa shape index (κ2) is 13.6. The number of carbonyl (C=O) groups excluding carboxylic acids is 3. The summed E-state index contributed by atoms with van der Waals surface area (Å²) in [7, 11) is 1.42. The van der Waals surface area contributed by atoms with Gasteiger partial charge in [0.2, 0.25) is 5.91 Å². The molecule has 46 heavy (non-hydrogen) atoms. The van der Waals surface area contributed by atoms with E-state index in [1.54, 1.807) is 6.92 Å². The number of β-lactam (4-membered cyclic amide) rings is 1. The number of methoxy groups -OCH3 is 1. The lowest BCUT2D eigenvalue weighted by molar-refractivity contribution is -0.385. The highest BCUT2D eigenvalue weighted by molar-refractivity contribution is 8.03. The van der Waals surface area contributed by atoms with Crippen LogP contribution in [0.3, 0.4) is 0 Å². The molecular weight excluding hydrogens is 626 g/mol. The van der Waals surface area contributed by atoms with E-state index >= 15 is 0 Å². The topological polar surface area (TPSA) is 203 Å². The molecule has 0 radical (unpaired) electrons. The van der Waals surface area contributed by atoms with E-state index in [0.29, 0.717) is 20.9 Å². The Morgan fingerprint density at radius 2 is 1.50 bits per heavy atom. The summed E-state index contributed by atoms with van der Waals surface area (Å²) in [5, 5.41) is 21.8. The normalized spacial score (nSPS) is 17.4. The summed E-state index contributed by atoms with van der Waals surface area (Å²) >= 11 is 1.17. The molecule has 0 bridgehead atoms. The molecule has 0 aliphatic carbocycles. The molecule has 5 rings (SSSR count). The van der Waals surface area contributed by atoms with Crippen LogP contribution in [0.5, 0.6) is 6.01 Å². The van der Waals surface area contributed by atoms with Crippen molar-refractivity contribution in [3.05, 3.63) is 103 Å². The summed E-state index contributed by atoms with van der Waals surface area (Å²) in [5.74, 6) is -2.01. The number of carbonyl (C=O) groups is 3. The Morgan fingerprint density at radius 3 is 2.02 bits per heavy atom. The summed E-state index contributed by atoms with van der Waals surface area (Å²) in [6.07, 6.45) is 1.32. The maximum absolute atomic E-state index is 13.4. The van der Waals surface area contributed by atoms with E-state index in [1.807, 2.05) is 0 Å². The molecule has 2 aliphatic rings. The minimum absolute atomic E-state index is 0.0296. The van der Waals surface area contributed by atoms with Gasteiger partial charge in [0, 0.05) is 52.9 Å². The predicted molar refractivity (Wildman–Crippen MR) is 157 cm³/mol. The van der Waals surface area contributed by atoms with Crippen LogP contribution in [0.25, 0.3) is 0 Å². The highest BCUT2D eigenvalue weighted by Crippen LogP contribution is 2.49. The number of benzene rings is 2. The zero-order valence-electron chi connectivity index (χ0n) is 24.3. The second-order valence-electron chi connectivity index (χ2n) is 10.1. The molecule has 17 heteroatoms. The number of aromatic nitrogens is 2. The van der Waals surface area contributed by atoms with Crippen LogP contribution in [0.15, 0.2) is 76.4 Å². The van der Waals surface area contributed by atoms with Crippen molar-refractivity contribution in [2.45, 2.75) is 43.6 Å². The van der Waals surface area contributed by atoms with Gasteiger partial charge in [-0.15, -0.1) is 0 Å². The number of nitrogens with zero attached hydrogens (tertiary/aromatic N) is 5. The Kier molecular flexibility index (Phi) is 9.41. The predicted octanol–water partition coefficient (Wildman–Crippen LogP) is 4.32. The highest BCUT2D eigenvalue weighted by atomic mass is 32.2. The lowest BCUT2D eigenvalue weighted by Gasteiger charge is -2.45. The smallest absolute Gasteiger partial charge is 0.467 e. The first-order valence-electron chi connectivity index (χ1n) is 13.6. The monoisotopic (exact) mass is 651 g/mol. The van der Waals surface area contributed by atoms with Crippen molar-refractivity contribution in [1.29, 1.82) is 0 Å². The van der Waals surface area contributed by atoms with Gasteiger partial charge in [0.05, 0.1) is 28.9 Å². The Morgan fingerprint density at radius 1 is 0.957 bits per heavy atom. The number of esters is 1. The van der Waals surface area contributed by atoms with Crippen molar-refractivity contribution in [3.8, 4) is 6.01 Å². The molecule has 1 aromatic heterocycles. The van der Waals surface area contributed by atoms with Crippen LogP contribution in [0, 0.1) is 26.1 Å². The number of ether oxygens (including phenoxy) is 4. The number of non-ortho nitro benzene ring substituents is 2. The van der Waals surface area contributed by atoms with E-state index in [1.165, 1.54) is 84.7 Å². The Hall–Kier alpha value is -5.58. The van der Waals surface area contributed by atoms with Gasteiger partial charge < -0.3 is 23.8 Å². The number of thioether (sulfide) groups is 1. The Bertz CT molecular complexity index is 1700. The van der Waals surface area contributed by atoms with Crippen molar-refractivity contribution in [2.75, 3.05) is 7.11 Å². The summed E-state index contributed by atoms with van der Waals surface area (Å²) in [6, 6.07) is 10.6. The van der Waals surface area contributed by atoms with Crippen LogP contribution >= 0.6 is 11.8 Å². The highest BCUT2D eigenvalue weighted by Gasteiger charge is 2.58. The van der Waals surface area contributed by atoms with Crippen LogP contribution in [0.2, 0.25) is 0 Å². The fraction of sp³-hybridized carbons (Fsp3) is 0.276. The summed E-state index contributed by atoms with van der Waals surface area (Å²) in [4.78, 5) is 70.4. The van der Waals surface area contributed by atoms with Gasteiger partial charge in [-0.2, -0.15) is 0 Å². The van der Waals surface area contributed by atoms with Crippen LogP contribution in [-0.2, 0) is 37.0 Å². The molecule has 238 valence electrons. The molecule has 1 saturated heterocycles. The van der Waals surface area contributed by atoms with Gasteiger partial charge >= 0.3 is 18.1 Å². The number of amides is 1. The SMILES string of the molecule is COc1ncc(SC2=C(C(=O)OCc3ccc([N+](=O)[O-])cc3)N3C(=O)C(C(C)OC(=O)OCc4ccc([N+](=O)[O-])cc4)[C@H]3C2)cn1. The number of nitro groups is 2. The van der Waals surface area contributed by atoms with Gasteiger partial charge in [-0.3, -0.25) is 25.0 Å². The Labute approximate surface area is 264 Å². The van der Waals surface area contributed by atoms with Gasteiger partial charge in [-0.1, -0.05) is 11.8 Å². The molecule has 2 aliphatic heterocycles. The number of hydrogen-bond donors (Lipinski definition) is 0. The van der Waals surface area contributed by atoms with Crippen molar-refractivity contribution in [2.24, 2.45) is 5.92 Å². The van der Waals surface area contributed by atoms with E-state index in [2.05, 4.69) is 9.97 Å².